The number of aliphatic hydroxyl groups excluding tert-OH is 5. The first kappa shape index (κ1) is 25.4. The van der Waals surface area contributed by atoms with E-state index >= 15 is 0 Å². The van der Waals surface area contributed by atoms with E-state index in [1.165, 1.54) is 0 Å². The zero-order chi connectivity index (χ0) is 24.3. The average molecular weight is 467 g/mol. The third-order valence-electron chi connectivity index (χ3n) is 5.47. The third kappa shape index (κ3) is 5.65. The van der Waals surface area contributed by atoms with Crippen molar-refractivity contribution < 1.29 is 39.7 Å². The fourth-order valence-electron chi connectivity index (χ4n) is 3.78. The predicted molar refractivity (Wildman–Crippen MR) is 118 cm³/mol. The number of aromatic nitrogens is 2. The van der Waals surface area contributed by atoms with Gasteiger partial charge >= 0.3 is 0 Å². The lowest BCUT2D eigenvalue weighted by molar-refractivity contribution is -0.278. The number of rotatable bonds is 9. The largest absolute Gasteiger partial charge is 0.491 e. The molecule has 184 valence electrons. The second-order valence-electron chi connectivity index (χ2n) is 8.73. The van der Waals surface area contributed by atoms with Crippen LogP contribution in [0.1, 0.15) is 50.6 Å². The van der Waals surface area contributed by atoms with E-state index < -0.39 is 37.3 Å². The van der Waals surface area contributed by atoms with Crippen LogP contribution in [0.5, 0.6) is 11.6 Å². The lowest BCUT2D eigenvalue weighted by Crippen LogP contribution is -2.60. The van der Waals surface area contributed by atoms with Crippen molar-refractivity contribution in [2.45, 2.75) is 83.6 Å². The molecule has 5 N–H and O–H groups in total. The van der Waals surface area contributed by atoms with E-state index in [9.17, 15) is 25.5 Å². The van der Waals surface area contributed by atoms with Crippen molar-refractivity contribution in [3.8, 4) is 11.6 Å². The van der Waals surface area contributed by atoms with Crippen molar-refractivity contribution in [3.05, 3.63) is 41.1 Å². The van der Waals surface area contributed by atoms with Crippen molar-refractivity contribution in [1.82, 2.24) is 9.78 Å². The van der Waals surface area contributed by atoms with Crippen molar-refractivity contribution in [2.75, 3.05) is 6.61 Å². The van der Waals surface area contributed by atoms with Gasteiger partial charge in [-0.05, 0) is 45.4 Å². The highest BCUT2D eigenvalue weighted by atomic mass is 16.7. The van der Waals surface area contributed by atoms with E-state index in [1.54, 1.807) is 4.68 Å². The van der Waals surface area contributed by atoms with Gasteiger partial charge in [0.25, 0.3) is 0 Å². The van der Waals surface area contributed by atoms with Crippen LogP contribution in [0, 0.1) is 0 Å². The molecule has 0 unspecified atom stereocenters. The standard InChI is InChI=1S/C23H34N2O8/c1-12(2)25-17(10-26)16(9-14-5-7-15(8-6-14)31-13(3)4)22(24-25)33-23-21(30)20(29)19(28)18(11-27)32-23/h5-8,12-13,18-21,23,26-30H,9-11H2,1-4H3/t18-,19-,20+,21-,23+/m1/s1. The predicted octanol–water partition coefficient (Wildman–Crippen LogP) is 0.513. The minimum Gasteiger partial charge on any atom is -0.491 e. The molecule has 5 atom stereocenters. The van der Waals surface area contributed by atoms with Crippen LogP contribution >= 0.6 is 0 Å². The summed E-state index contributed by atoms with van der Waals surface area (Å²) in [6.45, 7) is 6.87. The molecule has 1 saturated heterocycles. The fraction of sp³-hybridized carbons (Fsp3) is 0.609. The van der Waals surface area contributed by atoms with E-state index in [0.717, 1.165) is 11.3 Å². The van der Waals surface area contributed by atoms with Gasteiger partial charge in [-0.15, -0.1) is 5.10 Å². The summed E-state index contributed by atoms with van der Waals surface area (Å²) >= 11 is 0. The molecule has 0 saturated carbocycles. The maximum atomic E-state index is 10.4. The minimum atomic E-state index is -1.57. The van der Waals surface area contributed by atoms with E-state index in [2.05, 4.69) is 5.10 Å². The van der Waals surface area contributed by atoms with Crippen molar-refractivity contribution >= 4 is 0 Å². The molecule has 1 aliphatic rings. The van der Waals surface area contributed by atoms with Crippen LogP contribution in [-0.2, 0) is 17.8 Å². The topological polar surface area (TPSA) is 147 Å². The van der Waals surface area contributed by atoms with Gasteiger partial charge in [0, 0.05) is 18.0 Å². The number of nitrogens with zero attached hydrogens (tertiary/aromatic N) is 2. The maximum absolute atomic E-state index is 10.4. The van der Waals surface area contributed by atoms with Crippen molar-refractivity contribution in [2.24, 2.45) is 0 Å². The molecule has 3 rings (SSSR count). The molecule has 0 radical (unpaired) electrons. The van der Waals surface area contributed by atoms with E-state index in [-0.39, 0.29) is 24.6 Å². The summed E-state index contributed by atoms with van der Waals surface area (Å²) < 4.78 is 18.6. The van der Waals surface area contributed by atoms with Gasteiger partial charge in [-0.2, -0.15) is 0 Å². The second kappa shape index (κ2) is 10.8. The molecule has 0 bridgehead atoms. The summed E-state index contributed by atoms with van der Waals surface area (Å²) in [6.07, 6.45) is -6.67. The first-order chi connectivity index (χ1) is 15.7. The molecule has 1 aromatic heterocycles. The van der Waals surface area contributed by atoms with Gasteiger partial charge in [0.1, 0.15) is 30.2 Å². The summed E-state index contributed by atoms with van der Waals surface area (Å²) in [7, 11) is 0. The Morgan fingerprint density at radius 1 is 1.00 bits per heavy atom. The molecule has 0 amide bonds. The van der Waals surface area contributed by atoms with Crippen LogP contribution in [0.3, 0.4) is 0 Å². The average Bonchev–Trinajstić information content (AvgIpc) is 3.12. The molecule has 10 nitrogen and oxygen atoms in total. The summed E-state index contributed by atoms with van der Waals surface area (Å²) in [6, 6.07) is 7.45. The monoisotopic (exact) mass is 466 g/mol. The fourth-order valence-corrected chi connectivity index (χ4v) is 3.78. The summed E-state index contributed by atoms with van der Waals surface area (Å²) in [4.78, 5) is 0. The molecular weight excluding hydrogens is 432 g/mol. The van der Waals surface area contributed by atoms with E-state index in [0.29, 0.717) is 17.7 Å². The summed E-state index contributed by atoms with van der Waals surface area (Å²) in [5.41, 5.74) is 2.07. The van der Waals surface area contributed by atoms with Gasteiger partial charge < -0.3 is 39.7 Å². The van der Waals surface area contributed by atoms with Gasteiger partial charge in [0.05, 0.1) is 25.0 Å². The van der Waals surface area contributed by atoms with E-state index in [1.807, 2.05) is 52.0 Å². The van der Waals surface area contributed by atoms with Crippen LogP contribution in [0.15, 0.2) is 24.3 Å². The Morgan fingerprint density at radius 3 is 2.21 bits per heavy atom. The number of aliphatic hydroxyl groups is 5. The zero-order valence-electron chi connectivity index (χ0n) is 19.3. The highest BCUT2D eigenvalue weighted by Crippen LogP contribution is 2.31. The molecule has 1 aliphatic heterocycles. The molecule has 0 spiro atoms. The van der Waals surface area contributed by atoms with Crippen LogP contribution in [0.2, 0.25) is 0 Å². The first-order valence-electron chi connectivity index (χ1n) is 11.1. The SMILES string of the molecule is CC(C)Oc1ccc(Cc2c(O[C@@H]3O[C@H](CO)[C@@H](O)[C@H](O)[C@H]3O)nn(C(C)C)c2CO)cc1. The molecule has 1 fully saturated rings. The van der Waals surface area contributed by atoms with Gasteiger partial charge in [-0.1, -0.05) is 12.1 Å². The number of benzene rings is 1. The Balaban J connectivity index is 1.91. The van der Waals surface area contributed by atoms with Gasteiger partial charge in [-0.3, -0.25) is 4.68 Å². The van der Waals surface area contributed by atoms with Crippen LogP contribution in [-0.4, -0.2) is 78.7 Å². The lowest BCUT2D eigenvalue weighted by Gasteiger charge is -2.39. The molecule has 2 heterocycles. The molecule has 0 aliphatic carbocycles. The van der Waals surface area contributed by atoms with Crippen molar-refractivity contribution in [1.29, 1.82) is 0 Å². The van der Waals surface area contributed by atoms with Gasteiger partial charge in [-0.25, -0.2) is 0 Å². The summed E-state index contributed by atoms with van der Waals surface area (Å²) in [5, 5.41) is 54.4. The normalized spacial score (nSPS) is 25.6. The highest BCUT2D eigenvalue weighted by molar-refractivity contribution is 5.38. The molecular formula is C23H34N2O8. The Bertz CT molecular complexity index is 897. The number of hydrogen-bond donors (Lipinski definition) is 5. The Kier molecular flexibility index (Phi) is 8.33. The molecule has 1 aromatic carbocycles. The lowest BCUT2D eigenvalue weighted by atomic mass is 9.99. The number of hydrogen-bond acceptors (Lipinski definition) is 9. The van der Waals surface area contributed by atoms with Gasteiger partial charge in [0.15, 0.2) is 0 Å². The highest BCUT2D eigenvalue weighted by Gasteiger charge is 2.45. The van der Waals surface area contributed by atoms with Gasteiger partial charge in [0.2, 0.25) is 12.2 Å². The third-order valence-corrected chi connectivity index (χ3v) is 5.47. The smallest absolute Gasteiger partial charge is 0.239 e. The van der Waals surface area contributed by atoms with E-state index in [4.69, 9.17) is 14.2 Å². The molecule has 2 aromatic rings. The Labute approximate surface area is 193 Å². The van der Waals surface area contributed by atoms with Crippen LogP contribution < -0.4 is 9.47 Å². The Morgan fingerprint density at radius 2 is 1.67 bits per heavy atom. The van der Waals surface area contributed by atoms with Crippen LogP contribution in [0.25, 0.3) is 0 Å². The van der Waals surface area contributed by atoms with Crippen LogP contribution in [0.4, 0.5) is 0 Å². The van der Waals surface area contributed by atoms with Crippen molar-refractivity contribution in [3.63, 3.8) is 0 Å². The number of ether oxygens (including phenoxy) is 3. The zero-order valence-corrected chi connectivity index (χ0v) is 19.3. The maximum Gasteiger partial charge on any atom is 0.239 e. The Hall–Kier alpha value is -2.21. The minimum absolute atomic E-state index is 0.0552. The first-order valence-corrected chi connectivity index (χ1v) is 11.1. The molecule has 10 heteroatoms. The second-order valence-corrected chi connectivity index (χ2v) is 8.73. The molecule has 33 heavy (non-hydrogen) atoms. The quantitative estimate of drug-likeness (QED) is 0.357. The summed E-state index contributed by atoms with van der Waals surface area (Å²) in [5.74, 6) is 0.867.